The monoisotopic (exact) mass is 311 g/mol. The van der Waals surface area contributed by atoms with Gasteiger partial charge in [0.1, 0.15) is 0 Å². The lowest BCUT2D eigenvalue weighted by molar-refractivity contribution is 0.0755. The smallest absolute Gasteiger partial charge is 0.252 e. The van der Waals surface area contributed by atoms with Crippen molar-refractivity contribution in [3.8, 4) is 0 Å². The summed E-state index contributed by atoms with van der Waals surface area (Å²) in [6.45, 7) is 5.77. The Hall–Kier alpha value is -1.84. The zero-order valence-corrected chi connectivity index (χ0v) is 14.2. The first-order chi connectivity index (χ1) is 10.9. The molecule has 4 heteroatoms. The SMILES string of the molecule is CC(C)(C)C(=O)n1ncc2cc(NC3CC4CCC3C4)ccc21. The predicted octanol–water partition coefficient (Wildman–Crippen LogP) is 4.32. The van der Waals surface area contributed by atoms with Crippen LogP contribution in [-0.4, -0.2) is 21.7 Å². The zero-order valence-electron chi connectivity index (χ0n) is 14.2. The van der Waals surface area contributed by atoms with E-state index in [1.54, 1.807) is 6.20 Å². The van der Waals surface area contributed by atoms with Crippen molar-refractivity contribution < 1.29 is 4.79 Å². The number of nitrogens with one attached hydrogen (secondary N) is 1. The molecular formula is C19H25N3O. The van der Waals surface area contributed by atoms with Gasteiger partial charge in [0.25, 0.3) is 5.91 Å². The van der Waals surface area contributed by atoms with Crippen molar-refractivity contribution in [3.05, 3.63) is 24.4 Å². The summed E-state index contributed by atoms with van der Waals surface area (Å²) >= 11 is 0. The van der Waals surface area contributed by atoms with Crippen molar-refractivity contribution in [2.75, 3.05) is 5.32 Å². The van der Waals surface area contributed by atoms with Gasteiger partial charge in [-0.25, -0.2) is 0 Å². The summed E-state index contributed by atoms with van der Waals surface area (Å²) in [6.07, 6.45) is 7.31. The number of carbonyl (C=O) groups excluding carboxylic acids is 1. The van der Waals surface area contributed by atoms with Crippen LogP contribution in [0, 0.1) is 17.3 Å². The third-order valence-electron chi connectivity index (χ3n) is 5.49. The Morgan fingerprint density at radius 2 is 2.09 bits per heavy atom. The van der Waals surface area contributed by atoms with Gasteiger partial charge < -0.3 is 5.32 Å². The number of aromatic nitrogens is 2. The van der Waals surface area contributed by atoms with Gasteiger partial charge in [-0.2, -0.15) is 9.78 Å². The fourth-order valence-electron chi connectivity index (χ4n) is 4.24. The maximum atomic E-state index is 12.5. The maximum Gasteiger partial charge on any atom is 0.252 e. The largest absolute Gasteiger partial charge is 0.382 e. The van der Waals surface area contributed by atoms with Crippen molar-refractivity contribution in [3.63, 3.8) is 0 Å². The van der Waals surface area contributed by atoms with Crippen LogP contribution in [0.5, 0.6) is 0 Å². The molecule has 1 aromatic heterocycles. The lowest BCUT2D eigenvalue weighted by atomic mass is 9.95. The first-order valence-corrected chi connectivity index (χ1v) is 8.71. The zero-order chi connectivity index (χ0) is 16.2. The van der Waals surface area contributed by atoms with Crippen LogP contribution < -0.4 is 5.32 Å². The fourth-order valence-corrected chi connectivity index (χ4v) is 4.24. The second kappa shape index (κ2) is 5.08. The van der Waals surface area contributed by atoms with E-state index in [4.69, 9.17) is 0 Å². The van der Waals surface area contributed by atoms with Gasteiger partial charge in [-0.05, 0) is 49.3 Å². The molecule has 3 unspecified atom stereocenters. The van der Waals surface area contributed by atoms with E-state index in [2.05, 4.69) is 22.5 Å². The van der Waals surface area contributed by atoms with Crippen LogP contribution in [0.3, 0.4) is 0 Å². The van der Waals surface area contributed by atoms with E-state index in [0.717, 1.165) is 28.4 Å². The molecule has 2 aromatic rings. The molecule has 1 N–H and O–H groups in total. The number of rotatable bonds is 2. The van der Waals surface area contributed by atoms with E-state index in [1.165, 1.54) is 30.4 Å². The molecule has 122 valence electrons. The Bertz CT molecular complexity index is 756. The van der Waals surface area contributed by atoms with Gasteiger partial charge in [-0.3, -0.25) is 4.79 Å². The summed E-state index contributed by atoms with van der Waals surface area (Å²) in [5.41, 5.74) is 1.61. The molecular weight excluding hydrogens is 286 g/mol. The third-order valence-corrected chi connectivity index (χ3v) is 5.49. The molecule has 1 heterocycles. The summed E-state index contributed by atoms with van der Waals surface area (Å²) in [5.74, 6) is 1.82. The number of fused-ring (bicyclic) bond motifs is 3. The summed E-state index contributed by atoms with van der Waals surface area (Å²) in [4.78, 5) is 12.5. The molecule has 0 saturated heterocycles. The van der Waals surface area contributed by atoms with Gasteiger partial charge >= 0.3 is 0 Å². The molecule has 2 bridgehead atoms. The van der Waals surface area contributed by atoms with E-state index >= 15 is 0 Å². The maximum absolute atomic E-state index is 12.5. The minimum atomic E-state index is -0.432. The van der Waals surface area contributed by atoms with Crippen molar-refractivity contribution in [1.82, 2.24) is 9.78 Å². The van der Waals surface area contributed by atoms with Gasteiger partial charge in [0, 0.05) is 22.5 Å². The number of benzene rings is 1. The normalized spacial score (nSPS) is 26.8. The van der Waals surface area contributed by atoms with Gasteiger partial charge in [0.15, 0.2) is 0 Å². The quantitative estimate of drug-likeness (QED) is 0.898. The number of hydrogen-bond acceptors (Lipinski definition) is 3. The summed E-state index contributed by atoms with van der Waals surface area (Å²) in [6, 6.07) is 6.85. The summed E-state index contributed by atoms with van der Waals surface area (Å²) in [5, 5.41) is 9.05. The molecule has 2 fully saturated rings. The Morgan fingerprint density at radius 3 is 2.74 bits per heavy atom. The van der Waals surface area contributed by atoms with Gasteiger partial charge in [-0.1, -0.05) is 27.2 Å². The number of carbonyl (C=O) groups is 1. The number of hydrogen-bond donors (Lipinski definition) is 1. The van der Waals surface area contributed by atoms with Crippen LogP contribution in [-0.2, 0) is 0 Å². The highest BCUT2D eigenvalue weighted by Gasteiger charge is 2.39. The third kappa shape index (κ3) is 2.54. The standard InChI is InChI=1S/C19H25N3O/c1-19(2,3)18(23)22-17-7-6-15(10-14(17)11-20-22)21-16-9-12-4-5-13(16)8-12/h6-7,10-13,16,21H,4-5,8-9H2,1-3H3. The van der Waals surface area contributed by atoms with E-state index in [-0.39, 0.29) is 5.91 Å². The summed E-state index contributed by atoms with van der Waals surface area (Å²) in [7, 11) is 0. The molecule has 2 aliphatic rings. The average Bonchev–Trinajstić information content (AvgIpc) is 3.19. The highest BCUT2D eigenvalue weighted by molar-refractivity contribution is 5.94. The molecule has 0 amide bonds. The molecule has 0 aliphatic heterocycles. The Balaban J connectivity index is 1.59. The number of anilines is 1. The second-order valence-electron chi connectivity index (χ2n) is 8.31. The highest BCUT2D eigenvalue weighted by Crippen LogP contribution is 2.45. The molecule has 2 saturated carbocycles. The highest BCUT2D eigenvalue weighted by atomic mass is 16.2. The van der Waals surface area contributed by atoms with E-state index < -0.39 is 5.41 Å². The van der Waals surface area contributed by atoms with Crippen LogP contribution in [0.15, 0.2) is 24.4 Å². The predicted molar refractivity (Wildman–Crippen MR) is 92.7 cm³/mol. The molecule has 23 heavy (non-hydrogen) atoms. The minimum absolute atomic E-state index is 0.0290. The second-order valence-corrected chi connectivity index (χ2v) is 8.31. The molecule has 0 spiro atoms. The molecule has 2 aliphatic carbocycles. The Kier molecular flexibility index (Phi) is 3.26. The minimum Gasteiger partial charge on any atom is -0.382 e. The van der Waals surface area contributed by atoms with Gasteiger partial charge in [0.05, 0.1) is 11.7 Å². The molecule has 1 aromatic carbocycles. The first kappa shape index (κ1) is 14.7. The van der Waals surface area contributed by atoms with Crippen LogP contribution in [0.25, 0.3) is 10.9 Å². The fraction of sp³-hybridized carbons (Fsp3) is 0.579. The van der Waals surface area contributed by atoms with Crippen LogP contribution >= 0.6 is 0 Å². The van der Waals surface area contributed by atoms with Crippen molar-refractivity contribution in [2.45, 2.75) is 52.5 Å². The molecule has 3 atom stereocenters. The van der Waals surface area contributed by atoms with E-state index in [9.17, 15) is 4.79 Å². The van der Waals surface area contributed by atoms with Crippen LogP contribution in [0.4, 0.5) is 5.69 Å². The van der Waals surface area contributed by atoms with Crippen molar-refractivity contribution in [2.24, 2.45) is 17.3 Å². The van der Waals surface area contributed by atoms with E-state index in [0.29, 0.717) is 6.04 Å². The van der Waals surface area contributed by atoms with Crippen molar-refractivity contribution in [1.29, 1.82) is 0 Å². The molecule has 4 nitrogen and oxygen atoms in total. The topological polar surface area (TPSA) is 46.9 Å². The van der Waals surface area contributed by atoms with Crippen molar-refractivity contribution >= 4 is 22.5 Å². The lowest BCUT2D eigenvalue weighted by Gasteiger charge is -2.24. The van der Waals surface area contributed by atoms with Gasteiger partial charge in [0.2, 0.25) is 0 Å². The summed E-state index contributed by atoms with van der Waals surface area (Å²) < 4.78 is 1.54. The van der Waals surface area contributed by atoms with Crippen LogP contribution in [0.1, 0.15) is 51.2 Å². The number of nitrogens with zero attached hydrogens (tertiary/aromatic N) is 2. The Labute approximate surface area is 137 Å². The first-order valence-electron chi connectivity index (χ1n) is 8.71. The van der Waals surface area contributed by atoms with E-state index in [1.807, 2.05) is 26.8 Å². The van der Waals surface area contributed by atoms with Gasteiger partial charge in [-0.15, -0.1) is 0 Å². The molecule has 0 radical (unpaired) electrons. The molecule has 4 rings (SSSR count). The Morgan fingerprint density at radius 1 is 1.26 bits per heavy atom. The van der Waals surface area contributed by atoms with Crippen LogP contribution in [0.2, 0.25) is 0 Å². The lowest BCUT2D eigenvalue weighted by Crippen LogP contribution is -2.27. The average molecular weight is 311 g/mol.